The van der Waals surface area contributed by atoms with Crippen LogP contribution in [0.2, 0.25) is 10.0 Å². The van der Waals surface area contributed by atoms with Crippen molar-refractivity contribution in [2.24, 2.45) is 0 Å². The van der Waals surface area contributed by atoms with E-state index in [0.717, 1.165) is 41.4 Å². The molecule has 1 aromatic rings. The number of halogens is 2. The molecule has 0 unspecified atom stereocenters. The lowest BCUT2D eigenvalue weighted by Crippen LogP contribution is -2.12. The third-order valence-electron chi connectivity index (χ3n) is 4.50. The van der Waals surface area contributed by atoms with Gasteiger partial charge in [-0.2, -0.15) is 0 Å². The molecular formula is C19H25Cl2N. The summed E-state index contributed by atoms with van der Waals surface area (Å²) in [5, 5.41) is 1.54. The number of hydrogen-bond donors (Lipinski definition) is 0. The predicted molar refractivity (Wildman–Crippen MR) is 100 cm³/mol. The van der Waals surface area contributed by atoms with Gasteiger partial charge in [0.2, 0.25) is 0 Å². The summed E-state index contributed by atoms with van der Waals surface area (Å²) in [4.78, 5) is 2.00. The first-order chi connectivity index (χ1) is 10.4. The van der Waals surface area contributed by atoms with Gasteiger partial charge >= 0.3 is 0 Å². The van der Waals surface area contributed by atoms with E-state index in [1.54, 1.807) is 0 Å². The zero-order chi connectivity index (χ0) is 16.4. The van der Waals surface area contributed by atoms with E-state index >= 15 is 0 Å². The Morgan fingerprint density at radius 2 is 1.86 bits per heavy atom. The molecule has 0 atom stereocenters. The quantitative estimate of drug-likeness (QED) is 0.590. The van der Waals surface area contributed by atoms with Crippen molar-refractivity contribution < 1.29 is 0 Å². The zero-order valence-electron chi connectivity index (χ0n) is 14.2. The molecular weight excluding hydrogens is 313 g/mol. The molecule has 0 saturated carbocycles. The fraction of sp³-hybridized carbons (Fsp3) is 0.474. The van der Waals surface area contributed by atoms with E-state index in [9.17, 15) is 0 Å². The molecule has 120 valence electrons. The summed E-state index contributed by atoms with van der Waals surface area (Å²) in [5.74, 6) is 0. The fourth-order valence-electron chi connectivity index (χ4n) is 3.04. The normalized spacial score (nSPS) is 14.6. The Balaban J connectivity index is 2.63. The van der Waals surface area contributed by atoms with Crippen LogP contribution in [0.25, 0.3) is 5.57 Å². The molecule has 0 aliphatic heterocycles. The van der Waals surface area contributed by atoms with Crippen LogP contribution in [-0.4, -0.2) is 14.1 Å². The second-order valence-electron chi connectivity index (χ2n) is 6.24. The molecule has 0 amide bonds. The van der Waals surface area contributed by atoms with Crippen LogP contribution in [0.5, 0.6) is 0 Å². The summed E-state index contributed by atoms with van der Waals surface area (Å²) < 4.78 is 0. The van der Waals surface area contributed by atoms with E-state index in [4.69, 9.17) is 23.2 Å². The van der Waals surface area contributed by atoms with Crippen molar-refractivity contribution in [3.05, 3.63) is 44.5 Å². The number of allylic oxidation sites excluding steroid dienone is 4. The number of hydrogen-bond acceptors (Lipinski definition) is 1. The first kappa shape index (κ1) is 17.4. The molecule has 1 aromatic carbocycles. The molecule has 3 heteroatoms. The smallest absolute Gasteiger partial charge is 0.0743 e. The summed E-state index contributed by atoms with van der Waals surface area (Å²) in [6.07, 6.45) is 6.56. The largest absolute Gasteiger partial charge is 0.375 e. The van der Waals surface area contributed by atoms with Gasteiger partial charge in [-0.1, -0.05) is 48.2 Å². The first-order valence-electron chi connectivity index (χ1n) is 7.93. The average Bonchev–Trinajstić information content (AvgIpc) is 2.77. The molecule has 1 nitrogen and oxygen atoms in total. The van der Waals surface area contributed by atoms with Crippen molar-refractivity contribution in [1.29, 1.82) is 0 Å². The van der Waals surface area contributed by atoms with E-state index < -0.39 is 0 Å². The lowest BCUT2D eigenvalue weighted by atomic mass is 9.92. The molecule has 0 fully saturated rings. The van der Waals surface area contributed by atoms with Gasteiger partial charge in [-0.05, 0) is 61.4 Å². The van der Waals surface area contributed by atoms with Crippen molar-refractivity contribution in [3.8, 4) is 0 Å². The minimum Gasteiger partial charge on any atom is -0.375 e. The van der Waals surface area contributed by atoms with Gasteiger partial charge in [0.15, 0.2) is 0 Å². The van der Waals surface area contributed by atoms with Gasteiger partial charge in [0, 0.05) is 14.1 Å². The lowest BCUT2D eigenvalue weighted by molar-refractivity contribution is 0.793. The van der Waals surface area contributed by atoms with E-state index in [0.29, 0.717) is 0 Å². The maximum absolute atomic E-state index is 6.75. The fourth-order valence-corrected chi connectivity index (χ4v) is 3.92. The van der Waals surface area contributed by atoms with Crippen molar-refractivity contribution in [3.63, 3.8) is 0 Å². The summed E-state index contributed by atoms with van der Waals surface area (Å²) in [5.41, 5.74) is 7.51. The molecule has 1 aliphatic carbocycles. The maximum atomic E-state index is 6.75. The molecule has 0 aromatic heterocycles. The third kappa shape index (κ3) is 3.21. The Bertz CT molecular complexity index is 639. The van der Waals surface area contributed by atoms with E-state index in [-0.39, 0.29) is 0 Å². The van der Waals surface area contributed by atoms with Crippen molar-refractivity contribution in [2.75, 3.05) is 19.0 Å². The molecule has 0 radical (unpaired) electrons. The van der Waals surface area contributed by atoms with Gasteiger partial charge in [0.05, 0.1) is 15.7 Å². The second-order valence-corrected chi connectivity index (χ2v) is 7.03. The van der Waals surface area contributed by atoms with E-state index in [1.165, 1.54) is 27.8 Å². The van der Waals surface area contributed by atoms with Crippen LogP contribution >= 0.6 is 23.2 Å². The summed E-state index contributed by atoms with van der Waals surface area (Å²) in [6, 6.07) is 2.11. The molecule has 0 spiro atoms. The van der Waals surface area contributed by atoms with Crippen LogP contribution in [0.3, 0.4) is 0 Å². The Labute approximate surface area is 144 Å². The van der Waals surface area contributed by atoms with Gasteiger partial charge in [0.1, 0.15) is 0 Å². The highest BCUT2D eigenvalue weighted by Crippen LogP contribution is 2.43. The van der Waals surface area contributed by atoms with Gasteiger partial charge in [-0.15, -0.1) is 0 Å². The van der Waals surface area contributed by atoms with E-state index in [2.05, 4.69) is 32.9 Å². The van der Waals surface area contributed by atoms with Gasteiger partial charge in [0.25, 0.3) is 0 Å². The standard InChI is InChI=1S/C19H25Cl2N/c1-6-7-8-15-16(14-10-9-12(2)13(14)3)11-17(20)19(18(15)21)22(4)5/h9,11H,6-8,10H2,1-5H3. The number of nitrogens with zero attached hydrogens (tertiary/aromatic N) is 1. The SMILES string of the molecule is CCCCc1c(C2=C(C)C(C)=CC2)cc(Cl)c(N(C)C)c1Cl. The molecule has 0 N–H and O–H groups in total. The highest BCUT2D eigenvalue weighted by molar-refractivity contribution is 6.40. The Morgan fingerprint density at radius 3 is 2.36 bits per heavy atom. The minimum atomic E-state index is 0.732. The molecule has 22 heavy (non-hydrogen) atoms. The summed E-state index contributed by atoms with van der Waals surface area (Å²) >= 11 is 13.3. The Kier molecular flexibility index (Phi) is 5.63. The summed E-state index contributed by atoms with van der Waals surface area (Å²) in [7, 11) is 3.98. The monoisotopic (exact) mass is 337 g/mol. The highest BCUT2D eigenvalue weighted by atomic mass is 35.5. The molecule has 0 heterocycles. The highest BCUT2D eigenvalue weighted by Gasteiger charge is 2.22. The lowest BCUT2D eigenvalue weighted by Gasteiger charge is -2.22. The van der Waals surface area contributed by atoms with Crippen LogP contribution < -0.4 is 4.90 Å². The number of benzene rings is 1. The number of anilines is 1. The van der Waals surface area contributed by atoms with E-state index in [1.807, 2.05) is 19.0 Å². The van der Waals surface area contributed by atoms with Gasteiger partial charge in [-0.25, -0.2) is 0 Å². The van der Waals surface area contributed by atoms with Crippen molar-refractivity contribution >= 4 is 34.5 Å². The summed E-state index contributed by atoms with van der Waals surface area (Å²) in [6.45, 7) is 6.58. The topological polar surface area (TPSA) is 3.24 Å². The maximum Gasteiger partial charge on any atom is 0.0743 e. The van der Waals surface area contributed by atoms with Crippen LogP contribution in [0.4, 0.5) is 5.69 Å². The number of unbranched alkanes of at least 4 members (excludes halogenated alkanes) is 1. The van der Waals surface area contributed by atoms with Crippen LogP contribution in [0, 0.1) is 0 Å². The van der Waals surface area contributed by atoms with Gasteiger partial charge in [-0.3, -0.25) is 0 Å². The number of rotatable bonds is 5. The van der Waals surface area contributed by atoms with Crippen molar-refractivity contribution in [1.82, 2.24) is 0 Å². The zero-order valence-corrected chi connectivity index (χ0v) is 15.7. The average molecular weight is 338 g/mol. The van der Waals surface area contributed by atoms with Gasteiger partial charge < -0.3 is 4.90 Å². The molecule has 1 aliphatic rings. The van der Waals surface area contributed by atoms with Crippen molar-refractivity contribution in [2.45, 2.75) is 46.5 Å². The van der Waals surface area contributed by atoms with Crippen LogP contribution in [0.1, 0.15) is 51.2 Å². The Morgan fingerprint density at radius 1 is 1.18 bits per heavy atom. The minimum absolute atomic E-state index is 0.732. The Hall–Kier alpha value is -0.920. The first-order valence-corrected chi connectivity index (χ1v) is 8.69. The second kappa shape index (κ2) is 7.10. The third-order valence-corrected chi connectivity index (χ3v) is 5.20. The molecule has 0 bridgehead atoms. The van der Waals surface area contributed by atoms with Crippen LogP contribution in [0.15, 0.2) is 23.3 Å². The predicted octanol–water partition coefficient (Wildman–Crippen LogP) is 6.53. The molecule has 0 saturated heterocycles. The molecule has 2 rings (SSSR count). The van der Waals surface area contributed by atoms with Crippen LogP contribution in [-0.2, 0) is 6.42 Å².